The maximum Gasteiger partial charge on any atom is 0.234 e. The van der Waals surface area contributed by atoms with Crippen LogP contribution in [0.25, 0.3) is 5.78 Å². The molecular formula is C13H18N4O. The second-order valence-electron chi connectivity index (χ2n) is 4.90. The van der Waals surface area contributed by atoms with Crippen LogP contribution in [0, 0.1) is 20.8 Å². The van der Waals surface area contributed by atoms with Gasteiger partial charge in [0, 0.05) is 12.7 Å². The largest absolute Gasteiger partial charge is 0.485 e. The molecule has 3 rings (SSSR count). The van der Waals surface area contributed by atoms with Crippen LogP contribution < -0.4 is 10.1 Å². The highest BCUT2D eigenvalue weighted by atomic mass is 16.5. The Labute approximate surface area is 106 Å². The molecule has 96 valence electrons. The summed E-state index contributed by atoms with van der Waals surface area (Å²) < 4.78 is 8.08. The van der Waals surface area contributed by atoms with E-state index in [4.69, 9.17) is 4.74 Å². The molecule has 1 aliphatic rings. The molecule has 2 aromatic heterocycles. The molecule has 1 fully saturated rings. The van der Waals surface area contributed by atoms with Gasteiger partial charge in [0.2, 0.25) is 5.78 Å². The van der Waals surface area contributed by atoms with Crippen molar-refractivity contribution in [3.63, 3.8) is 0 Å². The predicted molar refractivity (Wildman–Crippen MR) is 69.1 cm³/mol. The van der Waals surface area contributed by atoms with Gasteiger partial charge in [0.25, 0.3) is 0 Å². The lowest BCUT2D eigenvalue weighted by molar-refractivity contribution is 0.217. The molecule has 1 N–H and O–H groups in total. The number of aryl methyl sites for hydroxylation is 3. The molecule has 1 saturated heterocycles. The minimum atomic E-state index is 0.256. The van der Waals surface area contributed by atoms with Gasteiger partial charge in [-0.3, -0.25) is 4.40 Å². The van der Waals surface area contributed by atoms with Crippen LogP contribution in [0.2, 0.25) is 0 Å². The van der Waals surface area contributed by atoms with Crippen molar-refractivity contribution in [3.05, 3.63) is 23.3 Å². The third-order valence-electron chi connectivity index (χ3n) is 3.39. The summed E-state index contributed by atoms with van der Waals surface area (Å²) in [5, 5.41) is 3.31. The zero-order valence-electron chi connectivity index (χ0n) is 11.0. The Morgan fingerprint density at radius 2 is 2.17 bits per heavy atom. The van der Waals surface area contributed by atoms with Crippen LogP contribution >= 0.6 is 0 Å². The quantitative estimate of drug-likeness (QED) is 0.870. The Balaban J connectivity index is 2.04. The van der Waals surface area contributed by atoms with Crippen molar-refractivity contribution < 1.29 is 4.74 Å². The molecule has 0 radical (unpaired) electrons. The van der Waals surface area contributed by atoms with Crippen LogP contribution in [0.1, 0.15) is 23.5 Å². The average Bonchev–Trinajstić information content (AvgIpc) is 2.93. The standard InChI is InChI=1S/C13H18N4O/c1-8-7-17-10(3)12(9(2)16-13(17)15-8)18-11-4-5-14-6-11/h7,11,14H,4-6H2,1-3H3/t11-/m1/s1. The number of nitrogens with one attached hydrogen (secondary N) is 1. The lowest BCUT2D eigenvalue weighted by Crippen LogP contribution is -2.21. The molecule has 5 nitrogen and oxygen atoms in total. The lowest BCUT2D eigenvalue weighted by atomic mass is 10.3. The van der Waals surface area contributed by atoms with Crippen molar-refractivity contribution in [1.29, 1.82) is 0 Å². The topological polar surface area (TPSA) is 51.5 Å². The maximum atomic E-state index is 6.08. The highest BCUT2D eigenvalue weighted by Gasteiger charge is 2.20. The van der Waals surface area contributed by atoms with E-state index in [0.717, 1.165) is 48.1 Å². The summed E-state index contributed by atoms with van der Waals surface area (Å²) in [4.78, 5) is 8.90. The monoisotopic (exact) mass is 246 g/mol. The van der Waals surface area contributed by atoms with E-state index in [1.807, 2.05) is 24.4 Å². The zero-order chi connectivity index (χ0) is 12.7. The third kappa shape index (κ3) is 1.84. The molecule has 3 heterocycles. The van der Waals surface area contributed by atoms with Gasteiger partial charge in [0.05, 0.1) is 17.1 Å². The van der Waals surface area contributed by atoms with Crippen molar-refractivity contribution in [3.8, 4) is 5.75 Å². The minimum absolute atomic E-state index is 0.256. The van der Waals surface area contributed by atoms with E-state index in [-0.39, 0.29) is 6.10 Å². The Kier molecular flexibility index (Phi) is 2.70. The van der Waals surface area contributed by atoms with Gasteiger partial charge in [0.15, 0.2) is 5.75 Å². The summed E-state index contributed by atoms with van der Waals surface area (Å²) in [6.45, 7) is 7.96. The van der Waals surface area contributed by atoms with E-state index in [9.17, 15) is 0 Å². The SMILES string of the molecule is Cc1cn2c(C)c(O[C@@H]3CCNC3)c(C)nc2n1. The number of rotatable bonds is 2. The summed E-state index contributed by atoms with van der Waals surface area (Å²) in [6.07, 6.45) is 3.31. The summed E-state index contributed by atoms with van der Waals surface area (Å²) in [7, 11) is 0. The minimum Gasteiger partial charge on any atom is -0.485 e. The molecule has 2 aromatic rings. The smallest absolute Gasteiger partial charge is 0.234 e. The van der Waals surface area contributed by atoms with Gasteiger partial charge in [-0.2, -0.15) is 0 Å². The summed E-state index contributed by atoms with van der Waals surface area (Å²) in [6, 6.07) is 0. The molecule has 1 atom stereocenters. The molecule has 0 bridgehead atoms. The van der Waals surface area contributed by atoms with E-state index >= 15 is 0 Å². The number of ether oxygens (including phenoxy) is 1. The molecule has 0 spiro atoms. The predicted octanol–water partition coefficient (Wildman–Crippen LogP) is 1.40. The van der Waals surface area contributed by atoms with Crippen LogP contribution in [0.15, 0.2) is 6.20 Å². The molecule has 0 unspecified atom stereocenters. The number of hydrogen-bond donors (Lipinski definition) is 1. The van der Waals surface area contributed by atoms with Gasteiger partial charge in [0.1, 0.15) is 6.10 Å². The van der Waals surface area contributed by atoms with Crippen molar-refractivity contribution in [2.45, 2.75) is 33.3 Å². The first kappa shape index (κ1) is 11.5. The number of imidazole rings is 1. The second kappa shape index (κ2) is 4.24. The van der Waals surface area contributed by atoms with Crippen molar-refractivity contribution in [2.24, 2.45) is 0 Å². The number of aromatic nitrogens is 3. The number of fused-ring (bicyclic) bond motifs is 1. The second-order valence-corrected chi connectivity index (χ2v) is 4.90. The number of nitrogens with zero attached hydrogens (tertiary/aromatic N) is 3. The summed E-state index contributed by atoms with van der Waals surface area (Å²) in [5.41, 5.74) is 2.96. The fraction of sp³-hybridized carbons (Fsp3) is 0.538. The van der Waals surface area contributed by atoms with Gasteiger partial charge in [-0.25, -0.2) is 9.97 Å². The van der Waals surface area contributed by atoms with Crippen molar-refractivity contribution >= 4 is 5.78 Å². The molecular weight excluding hydrogens is 228 g/mol. The van der Waals surface area contributed by atoms with Crippen LogP contribution in [-0.4, -0.2) is 33.6 Å². The summed E-state index contributed by atoms with van der Waals surface area (Å²) in [5.74, 6) is 1.65. The van der Waals surface area contributed by atoms with Crippen LogP contribution in [0.4, 0.5) is 0 Å². The molecule has 0 amide bonds. The highest BCUT2D eigenvalue weighted by Crippen LogP contribution is 2.25. The Bertz CT molecular complexity index is 584. The van der Waals surface area contributed by atoms with Gasteiger partial charge in [-0.1, -0.05) is 0 Å². The first-order chi connectivity index (χ1) is 8.65. The van der Waals surface area contributed by atoms with Crippen molar-refractivity contribution in [1.82, 2.24) is 19.7 Å². The van der Waals surface area contributed by atoms with Gasteiger partial charge >= 0.3 is 0 Å². The summed E-state index contributed by atoms with van der Waals surface area (Å²) >= 11 is 0. The molecule has 0 saturated carbocycles. The fourth-order valence-corrected chi connectivity index (χ4v) is 2.45. The van der Waals surface area contributed by atoms with E-state index in [1.54, 1.807) is 0 Å². The third-order valence-corrected chi connectivity index (χ3v) is 3.39. The first-order valence-corrected chi connectivity index (χ1v) is 6.35. The Hall–Kier alpha value is -1.62. The normalized spacial score (nSPS) is 19.6. The van der Waals surface area contributed by atoms with Gasteiger partial charge in [-0.05, 0) is 33.7 Å². The van der Waals surface area contributed by atoms with Crippen LogP contribution in [-0.2, 0) is 0 Å². The van der Waals surface area contributed by atoms with Crippen molar-refractivity contribution in [2.75, 3.05) is 13.1 Å². The van der Waals surface area contributed by atoms with E-state index in [1.165, 1.54) is 0 Å². The molecule has 18 heavy (non-hydrogen) atoms. The van der Waals surface area contributed by atoms with E-state index in [0.29, 0.717) is 0 Å². The van der Waals surface area contributed by atoms with Crippen LogP contribution in [0.5, 0.6) is 5.75 Å². The maximum absolute atomic E-state index is 6.08. The van der Waals surface area contributed by atoms with E-state index < -0.39 is 0 Å². The molecule has 5 heteroatoms. The van der Waals surface area contributed by atoms with Gasteiger partial charge < -0.3 is 10.1 Å². The Morgan fingerprint density at radius 1 is 1.33 bits per heavy atom. The molecule has 1 aliphatic heterocycles. The molecule has 0 aliphatic carbocycles. The molecule has 0 aromatic carbocycles. The number of hydrogen-bond acceptors (Lipinski definition) is 4. The first-order valence-electron chi connectivity index (χ1n) is 6.35. The van der Waals surface area contributed by atoms with E-state index in [2.05, 4.69) is 22.2 Å². The lowest BCUT2D eigenvalue weighted by Gasteiger charge is -2.17. The fourth-order valence-electron chi connectivity index (χ4n) is 2.45. The van der Waals surface area contributed by atoms with Gasteiger partial charge in [-0.15, -0.1) is 0 Å². The zero-order valence-corrected chi connectivity index (χ0v) is 11.0. The highest BCUT2D eigenvalue weighted by molar-refractivity contribution is 5.43. The Morgan fingerprint density at radius 3 is 2.89 bits per heavy atom. The average molecular weight is 246 g/mol. The van der Waals surface area contributed by atoms with Crippen LogP contribution in [0.3, 0.4) is 0 Å².